The summed E-state index contributed by atoms with van der Waals surface area (Å²) in [6.45, 7) is -0.0146. The van der Waals surface area contributed by atoms with Crippen molar-refractivity contribution in [1.82, 2.24) is 19.7 Å². The second-order valence-electron chi connectivity index (χ2n) is 7.53. The molecule has 29 heavy (non-hydrogen) atoms. The number of hydrogen-bond donors (Lipinski definition) is 1. The van der Waals surface area contributed by atoms with Crippen LogP contribution in [0.2, 0.25) is 0 Å². The van der Waals surface area contributed by atoms with Crippen molar-refractivity contribution in [3.8, 4) is 5.75 Å². The highest BCUT2D eigenvalue weighted by atomic mass is 32.2. The van der Waals surface area contributed by atoms with Crippen molar-refractivity contribution in [3.63, 3.8) is 0 Å². The topological polar surface area (TPSA) is 89.3 Å². The van der Waals surface area contributed by atoms with E-state index < -0.39 is 0 Å². The molecule has 0 bridgehead atoms. The summed E-state index contributed by atoms with van der Waals surface area (Å²) in [5, 5.41) is 12.3. The molecule has 0 spiro atoms. The zero-order chi connectivity index (χ0) is 20.4. The Hall–Kier alpha value is -2.55. The van der Waals surface area contributed by atoms with Crippen LogP contribution < -0.4 is 10.1 Å². The molecule has 4 rings (SSSR count). The minimum Gasteiger partial charge on any atom is -0.497 e. The van der Waals surface area contributed by atoms with Crippen molar-refractivity contribution >= 4 is 29.3 Å². The lowest BCUT2D eigenvalue weighted by molar-refractivity contribution is -0.131. The third kappa shape index (κ3) is 4.90. The van der Waals surface area contributed by atoms with Crippen LogP contribution in [0.3, 0.4) is 0 Å². The average Bonchev–Trinajstić information content (AvgIpc) is 3.64. The zero-order valence-electron chi connectivity index (χ0n) is 16.6. The van der Waals surface area contributed by atoms with E-state index in [1.165, 1.54) is 29.5 Å². The number of carbonyl (C=O) groups excluding carboxylic acids is 2. The molecule has 1 N–H and O–H groups in total. The van der Waals surface area contributed by atoms with Crippen molar-refractivity contribution in [3.05, 3.63) is 30.1 Å². The van der Waals surface area contributed by atoms with E-state index in [4.69, 9.17) is 4.74 Å². The minimum atomic E-state index is -0.253. The number of hydrogen-bond acceptors (Lipinski definition) is 6. The number of rotatable bonds is 9. The molecule has 0 radical (unpaired) electrons. The smallest absolute Gasteiger partial charge is 0.243 e. The quantitative estimate of drug-likeness (QED) is 0.634. The van der Waals surface area contributed by atoms with Crippen LogP contribution in [-0.4, -0.2) is 57.9 Å². The molecule has 0 saturated heterocycles. The molecular formula is C20H25N5O3S. The standard InChI is InChI=1S/C20H25N5O3S/c1-24(11-17(26)21-14-4-3-5-16(10-14)28-2)18(27)12-29-20-23-22-19(13-6-7-13)25(20)15-8-9-15/h3-5,10,13,15H,6-9,11-12H2,1-2H3,(H,21,26). The molecule has 2 saturated carbocycles. The summed E-state index contributed by atoms with van der Waals surface area (Å²) in [5.41, 5.74) is 0.634. The van der Waals surface area contributed by atoms with Crippen LogP contribution >= 0.6 is 11.8 Å². The van der Waals surface area contributed by atoms with Gasteiger partial charge in [0.1, 0.15) is 11.6 Å². The van der Waals surface area contributed by atoms with Gasteiger partial charge < -0.3 is 19.5 Å². The second-order valence-corrected chi connectivity index (χ2v) is 8.48. The van der Waals surface area contributed by atoms with Gasteiger partial charge in [0.05, 0.1) is 19.4 Å². The van der Waals surface area contributed by atoms with Crippen LogP contribution in [0.25, 0.3) is 0 Å². The predicted octanol–water partition coefficient (Wildman–Crippen LogP) is 2.69. The van der Waals surface area contributed by atoms with Gasteiger partial charge in [-0.2, -0.15) is 0 Å². The number of amides is 2. The molecule has 2 amide bonds. The van der Waals surface area contributed by atoms with E-state index in [0.717, 1.165) is 23.8 Å². The molecule has 1 aromatic carbocycles. The Morgan fingerprint density at radius 1 is 1.28 bits per heavy atom. The van der Waals surface area contributed by atoms with E-state index in [1.54, 1.807) is 38.4 Å². The van der Waals surface area contributed by atoms with E-state index in [9.17, 15) is 9.59 Å². The molecule has 8 nitrogen and oxygen atoms in total. The van der Waals surface area contributed by atoms with E-state index >= 15 is 0 Å². The molecular weight excluding hydrogens is 390 g/mol. The van der Waals surface area contributed by atoms with Crippen LogP contribution in [0.4, 0.5) is 5.69 Å². The van der Waals surface area contributed by atoms with Crippen LogP contribution in [0.15, 0.2) is 29.4 Å². The number of nitrogens with one attached hydrogen (secondary N) is 1. The van der Waals surface area contributed by atoms with Crippen LogP contribution in [0, 0.1) is 0 Å². The number of nitrogens with zero attached hydrogens (tertiary/aromatic N) is 4. The lowest BCUT2D eigenvalue weighted by atomic mass is 10.3. The van der Waals surface area contributed by atoms with Crippen molar-refractivity contribution in [2.75, 3.05) is 31.8 Å². The third-order valence-corrected chi connectivity index (χ3v) is 5.96. The summed E-state index contributed by atoms with van der Waals surface area (Å²) in [4.78, 5) is 26.2. The van der Waals surface area contributed by atoms with Crippen LogP contribution in [-0.2, 0) is 9.59 Å². The van der Waals surface area contributed by atoms with E-state index in [-0.39, 0.29) is 24.1 Å². The molecule has 1 aromatic heterocycles. The highest BCUT2D eigenvalue weighted by molar-refractivity contribution is 7.99. The number of likely N-dealkylation sites (N-methyl/N-ethyl adjacent to an activating group) is 1. The van der Waals surface area contributed by atoms with Gasteiger partial charge in [0.2, 0.25) is 11.8 Å². The monoisotopic (exact) mass is 415 g/mol. The molecule has 2 aliphatic rings. The number of ether oxygens (including phenoxy) is 1. The summed E-state index contributed by atoms with van der Waals surface area (Å²) in [6, 6.07) is 7.60. The van der Waals surface area contributed by atoms with Crippen molar-refractivity contribution in [2.45, 2.75) is 42.8 Å². The van der Waals surface area contributed by atoms with Gasteiger partial charge in [-0.25, -0.2) is 0 Å². The fourth-order valence-corrected chi connectivity index (χ4v) is 4.08. The fourth-order valence-electron chi connectivity index (χ4n) is 3.12. The first-order valence-electron chi connectivity index (χ1n) is 9.80. The van der Waals surface area contributed by atoms with Crippen molar-refractivity contribution in [2.24, 2.45) is 0 Å². The number of carbonyl (C=O) groups is 2. The number of methoxy groups -OCH3 is 1. The van der Waals surface area contributed by atoms with Crippen molar-refractivity contribution in [1.29, 1.82) is 0 Å². The van der Waals surface area contributed by atoms with Crippen LogP contribution in [0.1, 0.15) is 43.5 Å². The van der Waals surface area contributed by atoms with Gasteiger partial charge in [-0.05, 0) is 37.8 Å². The Bertz CT molecular complexity index is 907. The van der Waals surface area contributed by atoms with E-state index in [1.807, 2.05) is 0 Å². The first-order chi connectivity index (χ1) is 14.0. The van der Waals surface area contributed by atoms with Gasteiger partial charge in [0.25, 0.3) is 0 Å². The highest BCUT2D eigenvalue weighted by Crippen LogP contribution is 2.45. The summed E-state index contributed by atoms with van der Waals surface area (Å²) in [6.07, 6.45) is 4.67. The number of aromatic nitrogens is 3. The maximum absolute atomic E-state index is 12.5. The van der Waals surface area contributed by atoms with Gasteiger partial charge in [-0.3, -0.25) is 9.59 Å². The first-order valence-corrected chi connectivity index (χ1v) is 10.8. The normalized spacial score (nSPS) is 15.8. The maximum atomic E-state index is 12.5. The molecule has 154 valence electrons. The van der Waals surface area contributed by atoms with Gasteiger partial charge >= 0.3 is 0 Å². The lowest BCUT2D eigenvalue weighted by Crippen LogP contribution is -2.36. The summed E-state index contributed by atoms with van der Waals surface area (Å²) in [7, 11) is 3.21. The Morgan fingerprint density at radius 3 is 2.76 bits per heavy atom. The Morgan fingerprint density at radius 2 is 2.07 bits per heavy atom. The van der Waals surface area contributed by atoms with Gasteiger partial charge in [0, 0.05) is 30.8 Å². The van der Waals surface area contributed by atoms with Crippen LogP contribution in [0.5, 0.6) is 5.75 Å². The maximum Gasteiger partial charge on any atom is 0.243 e. The molecule has 9 heteroatoms. The third-order valence-electron chi connectivity index (χ3n) is 5.03. The van der Waals surface area contributed by atoms with Gasteiger partial charge in [-0.15, -0.1) is 10.2 Å². The van der Waals surface area contributed by atoms with E-state index in [0.29, 0.717) is 23.4 Å². The molecule has 1 heterocycles. The minimum absolute atomic E-state index is 0.0146. The Balaban J connectivity index is 1.29. The van der Waals surface area contributed by atoms with Gasteiger partial charge in [-0.1, -0.05) is 17.8 Å². The van der Waals surface area contributed by atoms with Crippen molar-refractivity contribution < 1.29 is 14.3 Å². The molecule has 2 aliphatic carbocycles. The molecule has 0 unspecified atom stereocenters. The highest BCUT2D eigenvalue weighted by Gasteiger charge is 2.36. The number of anilines is 1. The molecule has 2 aromatic rings. The Kier molecular flexibility index (Phi) is 5.75. The lowest BCUT2D eigenvalue weighted by Gasteiger charge is -2.17. The SMILES string of the molecule is COc1cccc(NC(=O)CN(C)C(=O)CSc2nnc(C3CC3)n2C2CC2)c1. The molecule has 0 aliphatic heterocycles. The largest absolute Gasteiger partial charge is 0.497 e. The number of benzene rings is 1. The predicted molar refractivity (Wildman–Crippen MR) is 110 cm³/mol. The number of thioether (sulfide) groups is 1. The van der Waals surface area contributed by atoms with Gasteiger partial charge in [0.15, 0.2) is 5.16 Å². The molecule has 0 atom stereocenters. The average molecular weight is 416 g/mol. The first kappa shape index (κ1) is 19.8. The zero-order valence-corrected chi connectivity index (χ0v) is 17.4. The summed E-state index contributed by atoms with van der Waals surface area (Å²) >= 11 is 1.40. The van der Waals surface area contributed by atoms with E-state index in [2.05, 4.69) is 20.1 Å². The second kappa shape index (κ2) is 8.44. The summed E-state index contributed by atoms with van der Waals surface area (Å²) in [5.74, 6) is 2.14. The fraction of sp³-hybridized carbons (Fsp3) is 0.500. The summed E-state index contributed by atoms with van der Waals surface area (Å²) < 4.78 is 7.38. The Labute approximate surface area is 174 Å². The molecule has 2 fully saturated rings.